The number of carbonyl (C=O) groups excluding carboxylic acids is 1. The zero-order valence-electron chi connectivity index (χ0n) is 16.2. The number of carbonyl (C=O) groups is 1. The molecule has 146 valence electrons. The highest BCUT2D eigenvalue weighted by atomic mass is 32.1. The van der Waals surface area contributed by atoms with Gasteiger partial charge in [0.05, 0.1) is 25.8 Å². The smallest absolute Gasteiger partial charge is 0.310 e. The van der Waals surface area contributed by atoms with E-state index in [1.165, 1.54) is 11.3 Å². The largest absolute Gasteiger partial charge is 0.493 e. The number of hydrogen-bond acceptors (Lipinski definition) is 6. The van der Waals surface area contributed by atoms with Gasteiger partial charge in [-0.3, -0.25) is 4.79 Å². The molecule has 5 nitrogen and oxygen atoms in total. The Hall–Kier alpha value is -2.86. The van der Waals surface area contributed by atoms with E-state index in [1.54, 1.807) is 7.11 Å². The van der Waals surface area contributed by atoms with Gasteiger partial charge in [0.15, 0.2) is 11.5 Å². The molecule has 0 aliphatic carbocycles. The van der Waals surface area contributed by atoms with Crippen molar-refractivity contribution in [2.24, 2.45) is 0 Å². The number of methoxy groups -OCH3 is 1. The van der Waals surface area contributed by atoms with E-state index in [0.717, 1.165) is 27.4 Å². The summed E-state index contributed by atoms with van der Waals surface area (Å²) in [6.45, 7) is 4.65. The number of benzene rings is 2. The lowest BCUT2D eigenvalue weighted by Crippen LogP contribution is -2.09. The highest BCUT2D eigenvalue weighted by molar-refractivity contribution is 7.13. The van der Waals surface area contributed by atoms with Crippen molar-refractivity contribution < 1.29 is 19.0 Å². The molecular weight excluding hydrogens is 374 g/mol. The second-order valence-electron chi connectivity index (χ2n) is 6.21. The summed E-state index contributed by atoms with van der Waals surface area (Å²) in [7, 11) is 1.61. The zero-order chi connectivity index (χ0) is 19.9. The standard InChI is InChI=1S/C22H23NO4S/c1-4-26-19-10-9-17(11-20(19)25-3)22-23-18(14-28-22)13-27-21(24)12-16-8-6-5-7-15(16)2/h5-11,14H,4,12-13H2,1-3H3. The van der Waals surface area contributed by atoms with Crippen molar-refractivity contribution in [2.75, 3.05) is 13.7 Å². The molecule has 0 aliphatic heterocycles. The van der Waals surface area contributed by atoms with Crippen molar-refractivity contribution in [3.05, 3.63) is 64.7 Å². The minimum absolute atomic E-state index is 0.162. The van der Waals surface area contributed by atoms with Crippen LogP contribution in [0.25, 0.3) is 10.6 Å². The van der Waals surface area contributed by atoms with Gasteiger partial charge < -0.3 is 14.2 Å². The molecule has 0 radical (unpaired) electrons. The van der Waals surface area contributed by atoms with E-state index in [2.05, 4.69) is 4.98 Å². The molecule has 0 bridgehead atoms. The maximum absolute atomic E-state index is 12.1. The second-order valence-corrected chi connectivity index (χ2v) is 7.06. The van der Waals surface area contributed by atoms with Crippen molar-refractivity contribution >= 4 is 17.3 Å². The predicted molar refractivity (Wildman–Crippen MR) is 110 cm³/mol. The lowest BCUT2D eigenvalue weighted by atomic mass is 10.1. The third kappa shape index (κ3) is 4.89. The van der Waals surface area contributed by atoms with Gasteiger partial charge in [0.2, 0.25) is 0 Å². The molecule has 0 fully saturated rings. The summed E-state index contributed by atoms with van der Waals surface area (Å²) in [5.74, 6) is 1.11. The van der Waals surface area contributed by atoms with Gasteiger partial charge in [0.25, 0.3) is 0 Å². The van der Waals surface area contributed by atoms with Crippen LogP contribution in [0.3, 0.4) is 0 Å². The van der Waals surface area contributed by atoms with Gasteiger partial charge in [-0.15, -0.1) is 11.3 Å². The average Bonchev–Trinajstić information content (AvgIpc) is 3.18. The third-order valence-corrected chi connectivity index (χ3v) is 5.18. The van der Waals surface area contributed by atoms with Gasteiger partial charge in [0, 0.05) is 10.9 Å². The Morgan fingerprint density at radius 3 is 2.71 bits per heavy atom. The van der Waals surface area contributed by atoms with Gasteiger partial charge in [-0.1, -0.05) is 24.3 Å². The van der Waals surface area contributed by atoms with Crippen LogP contribution in [0.15, 0.2) is 47.8 Å². The second kappa shape index (κ2) is 9.37. The molecule has 1 aromatic heterocycles. The van der Waals surface area contributed by atoms with Crippen molar-refractivity contribution in [3.63, 3.8) is 0 Å². The molecule has 0 spiro atoms. The summed E-state index contributed by atoms with van der Waals surface area (Å²) in [5, 5.41) is 2.74. The summed E-state index contributed by atoms with van der Waals surface area (Å²) in [4.78, 5) is 16.7. The Bertz CT molecular complexity index is 951. The van der Waals surface area contributed by atoms with Crippen molar-refractivity contribution in [1.29, 1.82) is 0 Å². The number of aryl methyl sites for hydroxylation is 1. The minimum atomic E-state index is -0.258. The fraction of sp³-hybridized carbons (Fsp3) is 0.273. The first kappa shape index (κ1) is 19.9. The van der Waals surface area contributed by atoms with E-state index in [0.29, 0.717) is 18.1 Å². The summed E-state index contributed by atoms with van der Waals surface area (Å²) >= 11 is 1.50. The number of hydrogen-bond donors (Lipinski definition) is 0. The lowest BCUT2D eigenvalue weighted by molar-refractivity contribution is -0.144. The summed E-state index contributed by atoms with van der Waals surface area (Å²) in [5.41, 5.74) is 3.72. The third-order valence-electron chi connectivity index (χ3n) is 4.24. The molecule has 0 saturated heterocycles. The predicted octanol–water partition coefficient (Wildman–Crippen LogP) is 4.81. The van der Waals surface area contributed by atoms with Gasteiger partial charge in [-0.25, -0.2) is 4.98 Å². The maximum atomic E-state index is 12.1. The summed E-state index contributed by atoms with van der Waals surface area (Å²) < 4.78 is 16.3. The van der Waals surface area contributed by atoms with Gasteiger partial charge in [-0.05, 0) is 43.2 Å². The van der Waals surface area contributed by atoms with Gasteiger partial charge in [0.1, 0.15) is 11.6 Å². The normalized spacial score (nSPS) is 10.5. The van der Waals surface area contributed by atoms with E-state index < -0.39 is 0 Å². The number of aromatic nitrogens is 1. The monoisotopic (exact) mass is 397 g/mol. The number of esters is 1. The van der Waals surface area contributed by atoms with Gasteiger partial charge >= 0.3 is 5.97 Å². The molecule has 3 rings (SSSR count). The van der Waals surface area contributed by atoms with E-state index in [-0.39, 0.29) is 19.0 Å². The van der Waals surface area contributed by atoms with Crippen molar-refractivity contribution in [2.45, 2.75) is 26.9 Å². The highest BCUT2D eigenvalue weighted by Crippen LogP contribution is 2.33. The average molecular weight is 397 g/mol. The van der Waals surface area contributed by atoms with Crippen LogP contribution in [0.5, 0.6) is 11.5 Å². The molecule has 0 atom stereocenters. The lowest BCUT2D eigenvalue weighted by Gasteiger charge is -2.10. The van der Waals surface area contributed by atoms with Crippen LogP contribution in [0.2, 0.25) is 0 Å². The first-order valence-corrected chi connectivity index (χ1v) is 9.94. The fourth-order valence-corrected chi connectivity index (χ4v) is 3.55. The number of nitrogens with zero attached hydrogens (tertiary/aromatic N) is 1. The molecule has 28 heavy (non-hydrogen) atoms. The summed E-state index contributed by atoms with van der Waals surface area (Å²) in [6, 6.07) is 13.5. The zero-order valence-corrected chi connectivity index (χ0v) is 17.0. The van der Waals surface area contributed by atoms with Crippen molar-refractivity contribution in [1.82, 2.24) is 4.98 Å². The van der Waals surface area contributed by atoms with Crippen LogP contribution in [0.1, 0.15) is 23.7 Å². The molecule has 0 N–H and O–H groups in total. The molecule has 0 amide bonds. The van der Waals surface area contributed by atoms with Crippen LogP contribution >= 0.6 is 11.3 Å². The fourth-order valence-electron chi connectivity index (χ4n) is 2.75. The number of ether oxygens (including phenoxy) is 3. The van der Waals surface area contributed by atoms with E-state index in [9.17, 15) is 4.79 Å². The minimum Gasteiger partial charge on any atom is -0.493 e. The summed E-state index contributed by atoms with van der Waals surface area (Å²) in [6.07, 6.45) is 0.264. The van der Waals surface area contributed by atoms with E-state index in [4.69, 9.17) is 14.2 Å². The maximum Gasteiger partial charge on any atom is 0.310 e. The highest BCUT2D eigenvalue weighted by Gasteiger charge is 2.12. The van der Waals surface area contributed by atoms with Crippen LogP contribution in [0, 0.1) is 6.92 Å². The molecule has 1 heterocycles. The molecular formula is C22H23NO4S. The van der Waals surface area contributed by atoms with Crippen LogP contribution in [-0.4, -0.2) is 24.7 Å². The first-order valence-electron chi connectivity index (χ1n) is 9.06. The Morgan fingerprint density at radius 1 is 1.14 bits per heavy atom. The topological polar surface area (TPSA) is 57.7 Å². The molecule has 0 saturated carbocycles. The van der Waals surface area contributed by atoms with Crippen molar-refractivity contribution in [3.8, 4) is 22.1 Å². The Balaban J connectivity index is 1.63. The SMILES string of the molecule is CCOc1ccc(-c2nc(COC(=O)Cc3ccccc3C)cs2)cc1OC. The Kier molecular flexibility index (Phi) is 6.66. The number of thiazole rings is 1. The van der Waals surface area contributed by atoms with Crippen LogP contribution in [0.4, 0.5) is 0 Å². The number of rotatable bonds is 8. The van der Waals surface area contributed by atoms with E-state index in [1.807, 2.05) is 61.7 Å². The molecule has 0 unspecified atom stereocenters. The quantitative estimate of drug-likeness (QED) is 0.511. The molecule has 2 aromatic carbocycles. The molecule has 6 heteroatoms. The van der Waals surface area contributed by atoms with Crippen LogP contribution in [-0.2, 0) is 22.6 Å². The first-order chi connectivity index (χ1) is 13.6. The Labute approximate surface area is 168 Å². The Morgan fingerprint density at radius 2 is 1.96 bits per heavy atom. The molecule has 0 aliphatic rings. The molecule has 3 aromatic rings. The van der Waals surface area contributed by atoms with E-state index >= 15 is 0 Å². The van der Waals surface area contributed by atoms with Crippen LogP contribution < -0.4 is 9.47 Å². The van der Waals surface area contributed by atoms with Gasteiger partial charge in [-0.2, -0.15) is 0 Å².